The predicted octanol–water partition coefficient (Wildman–Crippen LogP) is 7.93. The average molecular weight is 1850 g/mol. The zero-order valence-electron chi connectivity index (χ0n) is 76.3. The third-order valence-corrected chi connectivity index (χ3v) is 23.4. The van der Waals surface area contributed by atoms with Crippen LogP contribution in [0.2, 0.25) is 10.6 Å². The molecule has 0 aliphatic carbocycles. The van der Waals surface area contributed by atoms with Crippen LogP contribution in [-0.2, 0) is 27.3 Å². The number of hydrogen-bond donors (Lipinski definition) is 7. The second-order valence-electron chi connectivity index (χ2n) is 31.1. The predicted molar refractivity (Wildman–Crippen MR) is 498 cm³/mol. The summed E-state index contributed by atoms with van der Waals surface area (Å²) in [6.07, 6.45) is 15.5. The molecular weight excluding hydrogens is 1730 g/mol. The maximum atomic E-state index is 11.2. The number of ether oxygens (including phenoxy) is 12. The summed E-state index contributed by atoms with van der Waals surface area (Å²) in [5.74, 6) is 8.75. The number of aliphatic hydroxyl groups is 2. The molecule has 5 fully saturated rings. The molecule has 3 aromatic carbocycles. The molecule has 0 amide bonds. The highest BCUT2D eigenvalue weighted by atomic mass is 35.5. The summed E-state index contributed by atoms with van der Waals surface area (Å²) in [5.41, 5.74) is 7.10. The van der Waals surface area contributed by atoms with Gasteiger partial charge in [0.25, 0.3) is 0 Å². The molecule has 706 valence electrons. The van der Waals surface area contributed by atoms with Crippen LogP contribution in [-0.4, -0.2) is 355 Å². The number of hydrogen-bond acceptors (Lipinski definition) is 35. The van der Waals surface area contributed by atoms with Crippen LogP contribution in [0.4, 0.5) is 40.9 Å². The van der Waals surface area contributed by atoms with Gasteiger partial charge in [0.15, 0.2) is 58.2 Å². The SMILES string of the molecule is COCCN1CCN(Cc2ccc3c(Nc4cn(-c5cc(OC)c(OC)c(OC)c5)cn4)nc(Cl)nn23)CC1.COCCN1CCN(Cc2ccc3c(Nc4cn(-c5cc(OC)c(OC)c(OC)c5)cn4)nc(N4CCC[C@H]4CO)nn23)CC1.COCCN1CCNCC1.COc1cc(-n2cnc(Nc3nc(Cl)nn4c(C=O)ccc34)c2)cc(OC)c1OC.OC[C@@H]1CCCN1. The van der Waals surface area contributed by atoms with Gasteiger partial charge in [-0.2, -0.15) is 15.0 Å². The number of methoxy groups -OCH3 is 12. The van der Waals surface area contributed by atoms with Crippen molar-refractivity contribution in [1.82, 2.24) is 108 Å². The van der Waals surface area contributed by atoms with Crippen molar-refractivity contribution in [2.24, 2.45) is 0 Å². The van der Waals surface area contributed by atoms with Gasteiger partial charge in [-0.25, -0.2) is 28.5 Å². The fourth-order valence-electron chi connectivity index (χ4n) is 16.0. The third-order valence-electron chi connectivity index (χ3n) is 23.1. The fourth-order valence-corrected chi connectivity index (χ4v) is 16.3. The number of anilines is 7. The van der Waals surface area contributed by atoms with E-state index in [1.165, 1.54) is 24.0 Å². The number of carbonyl (C=O) groups excluding carboxylic acids is 1. The van der Waals surface area contributed by atoms with Gasteiger partial charge in [-0.1, -0.05) is 0 Å². The summed E-state index contributed by atoms with van der Waals surface area (Å²) in [4.78, 5) is 52.6. The molecule has 0 saturated carbocycles. The lowest BCUT2D eigenvalue weighted by Crippen LogP contribution is -2.46. The van der Waals surface area contributed by atoms with Gasteiger partial charge in [-0.3, -0.25) is 29.3 Å². The zero-order valence-corrected chi connectivity index (χ0v) is 77.8. The van der Waals surface area contributed by atoms with Crippen molar-refractivity contribution in [3.63, 3.8) is 0 Å². The minimum atomic E-state index is -0.00615. The number of imidazole rings is 3. The van der Waals surface area contributed by atoms with Crippen LogP contribution in [0.1, 0.15) is 47.6 Å². The summed E-state index contributed by atoms with van der Waals surface area (Å²) < 4.78 is 75.3. The molecule has 131 heavy (non-hydrogen) atoms. The third kappa shape index (κ3) is 24.6. The molecule has 0 radical (unpaired) electrons. The van der Waals surface area contributed by atoms with E-state index in [-0.39, 0.29) is 23.2 Å². The number of nitrogens with zero attached hydrogens (tertiary/aromatic N) is 21. The van der Waals surface area contributed by atoms with E-state index >= 15 is 0 Å². The summed E-state index contributed by atoms with van der Waals surface area (Å²) >= 11 is 12.4. The Morgan fingerprint density at radius 2 is 0.809 bits per heavy atom. The Morgan fingerprint density at radius 3 is 1.18 bits per heavy atom. The van der Waals surface area contributed by atoms with Gasteiger partial charge in [-0.05, 0) is 91.8 Å². The molecule has 5 aliphatic heterocycles. The van der Waals surface area contributed by atoms with Gasteiger partial charge in [0.2, 0.25) is 33.8 Å². The first-order valence-electron chi connectivity index (χ1n) is 43.3. The van der Waals surface area contributed by atoms with Gasteiger partial charge in [-0.15, -0.1) is 15.3 Å². The zero-order chi connectivity index (χ0) is 92.3. The number of benzene rings is 3. The highest BCUT2D eigenvalue weighted by molar-refractivity contribution is 6.28. The first-order chi connectivity index (χ1) is 64.0. The minimum absolute atomic E-state index is 0.00580. The molecule has 7 N–H and O–H groups in total. The summed E-state index contributed by atoms with van der Waals surface area (Å²) in [6, 6.07) is 23.0. The van der Waals surface area contributed by atoms with Crippen molar-refractivity contribution in [3.05, 3.63) is 138 Å². The first-order valence-corrected chi connectivity index (χ1v) is 44.1. The van der Waals surface area contributed by atoms with Crippen molar-refractivity contribution in [3.8, 4) is 68.8 Å². The summed E-state index contributed by atoms with van der Waals surface area (Å²) in [7, 11) is 19.4. The maximum Gasteiger partial charge on any atom is 0.245 e. The van der Waals surface area contributed by atoms with Crippen LogP contribution < -0.4 is 74.1 Å². The van der Waals surface area contributed by atoms with Crippen LogP contribution in [0.15, 0.2) is 110 Å². The molecule has 41 nitrogen and oxygen atoms in total. The lowest BCUT2D eigenvalue weighted by molar-refractivity contribution is 0.0930. The molecule has 5 saturated heterocycles. The first kappa shape index (κ1) is 96.9. The van der Waals surface area contributed by atoms with Crippen molar-refractivity contribution in [1.29, 1.82) is 0 Å². The second-order valence-corrected chi connectivity index (χ2v) is 31.8. The Labute approximate surface area is 770 Å². The van der Waals surface area contributed by atoms with E-state index < -0.39 is 0 Å². The highest BCUT2D eigenvalue weighted by Crippen LogP contribution is 2.43. The number of aromatic nitrogens is 15. The van der Waals surface area contributed by atoms with Crippen molar-refractivity contribution >= 4 is 86.9 Å². The van der Waals surface area contributed by atoms with E-state index in [0.29, 0.717) is 123 Å². The molecule has 17 rings (SSSR count). The van der Waals surface area contributed by atoms with Gasteiger partial charge >= 0.3 is 0 Å². The summed E-state index contributed by atoms with van der Waals surface area (Å²) in [5, 5.41) is 48.6. The monoisotopic (exact) mass is 1850 g/mol. The topological polar surface area (TPSA) is 392 Å². The van der Waals surface area contributed by atoms with E-state index in [2.05, 4.69) is 109 Å². The smallest absolute Gasteiger partial charge is 0.245 e. The van der Waals surface area contributed by atoms with Crippen LogP contribution in [0.5, 0.6) is 51.7 Å². The van der Waals surface area contributed by atoms with E-state index in [1.807, 2.05) is 60.9 Å². The van der Waals surface area contributed by atoms with Crippen LogP contribution in [0, 0.1) is 0 Å². The quantitative estimate of drug-likeness (QED) is 0.0185. The largest absolute Gasteiger partial charge is 0.493 e. The van der Waals surface area contributed by atoms with Gasteiger partial charge in [0.1, 0.15) is 58.7 Å². The Kier molecular flexibility index (Phi) is 35.4. The molecular formula is C88H120Cl2N26O15. The van der Waals surface area contributed by atoms with Crippen LogP contribution in [0.25, 0.3) is 33.6 Å². The minimum Gasteiger partial charge on any atom is -0.493 e. The number of rotatable bonds is 35. The van der Waals surface area contributed by atoms with Crippen molar-refractivity contribution in [2.45, 2.75) is 50.9 Å². The Morgan fingerprint density at radius 1 is 0.427 bits per heavy atom. The number of fused-ring (bicyclic) bond motifs is 3. The number of nitrogens with one attached hydrogen (secondary N) is 5. The number of aldehydes is 1. The van der Waals surface area contributed by atoms with Crippen LogP contribution in [0.3, 0.4) is 0 Å². The molecule has 5 aliphatic rings. The Bertz CT molecular complexity index is 5550. The maximum absolute atomic E-state index is 11.2. The molecule has 14 heterocycles. The average Bonchev–Trinajstić information content (AvgIpc) is 1.75. The van der Waals surface area contributed by atoms with E-state index in [9.17, 15) is 9.90 Å². The lowest BCUT2D eigenvalue weighted by atomic mass is 10.2. The number of piperazine rings is 3. The van der Waals surface area contributed by atoms with Crippen molar-refractivity contribution < 1.29 is 71.8 Å². The highest BCUT2D eigenvalue weighted by Gasteiger charge is 2.30. The fraction of sp³-hybridized carbons (Fsp3) is 0.477. The van der Waals surface area contributed by atoms with Gasteiger partial charge in [0.05, 0.1) is 150 Å². The standard InChI is InChI=1S/C31H43N9O5.C26H33ClN8O4.C19H17ClN6O4.C7H16N2O.C5H11NO/c1-42-15-14-36-10-12-37(13-11-36)18-22-7-8-25-30(34-31(35-40(22)25)39-9-5-6-23(39)20-41)33-28-19-38(21-32-28)24-16-26(43-2)29(45-4)27(17-24)44-3;1-36-12-11-32-7-9-33(10-8-32)15-18-5-6-20-25(30-26(27)31-35(18)20)29-23-16-34(17-28-23)19-13-21(37-2)24(39-4)22(14-19)38-3;1-28-14-6-12(7-15(29-2)17(14)30-3)25-8-16(21-10-25)22-18-13-5-4-11(9-27)26(13)24-19(20)23-18;1-10-7-6-9-4-2-8-3-5-9;7-4-5-2-1-3-6-5/h7-8,16-17,19,21,23,41H,5-6,9-15,18,20H2,1-4H3,(H,33,34,35);5-6,13-14,16-17H,7-12,15H2,1-4H3,(H,29,30,31);4-10H,1-3H3,(H,22,23,24);8H,2-7H2,1H3;5-7H,1-4H2/t23-;;;;5-/m0...0/s1. The normalized spacial score (nSPS) is 16.2. The molecule has 12 aromatic rings. The molecule has 0 bridgehead atoms. The van der Waals surface area contributed by atoms with E-state index in [1.54, 1.807) is 139 Å². The lowest BCUT2D eigenvalue weighted by Gasteiger charge is -2.34. The molecule has 9 aromatic heterocycles. The Balaban J connectivity index is 0.000000155. The molecule has 0 spiro atoms. The molecule has 0 unspecified atom stereocenters. The number of carbonyl (C=O) groups is 1. The molecule has 2 atom stereocenters. The van der Waals surface area contributed by atoms with Gasteiger partial charge < -0.3 is 112 Å². The molecule has 43 heteroatoms. The second kappa shape index (κ2) is 47.9. The van der Waals surface area contributed by atoms with Crippen molar-refractivity contribution in [2.75, 3.05) is 250 Å². The Hall–Kier alpha value is -11.7. The number of aliphatic hydroxyl groups excluding tert-OH is 2. The summed E-state index contributed by atoms with van der Waals surface area (Å²) in [6.45, 7) is 21.8. The van der Waals surface area contributed by atoms with E-state index in [0.717, 1.165) is 190 Å². The van der Waals surface area contributed by atoms with E-state index in [4.69, 9.17) is 95.2 Å². The number of halogens is 2. The van der Waals surface area contributed by atoms with Crippen LogP contribution >= 0.6 is 23.2 Å². The van der Waals surface area contributed by atoms with Gasteiger partial charge in [0, 0.05) is 182 Å².